The van der Waals surface area contributed by atoms with Crippen LogP contribution in [0.3, 0.4) is 0 Å². The zero-order chi connectivity index (χ0) is 16.9. The van der Waals surface area contributed by atoms with Crippen LogP contribution in [0.15, 0.2) is 41.8 Å². The van der Waals surface area contributed by atoms with Crippen LogP contribution in [0, 0.1) is 5.82 Å². The van der Waals surface area contributed by atoms with Crippen LogP contribution >= 0.6 is 11.3 Å². The molecule has 1 aliphatic heterocycles. The number of thiophene rings is 1. The molecule has 2 aromatic rings. The summed E-state index contributed by atoms with van der Waals surface area (Å²) in [7, 11) is 2.10. The Morgan fingerprint density at radius 1 is 1.25 bits per heavy atom. The molecule has 128 valence electrons. The fourth-order valence-corrected chi connectivity index (χ4v) is 3.90. The minimum atomic E-state index is -0.237. The standard InChI is InChI=1S/C19H23FN2OS/c1-21-10-8-16(9-11-21)22(14-15-5-2-3-7-18(15)20)19(23)13-17-6-4-12-24-17/h2-7,12,16H,8-11,13-14H2,1H3. The van der Waals surface area contributed by atoms with E-state index in [2.05, 4.69) is 11.9 Å². The number of rotatable bonds is 5. The van der Waals surface area contributed by atoms with Gasteiger partial charge in [0.05, 0.1) is 6.42 Å². The number of hydrogen-bond donors (Lipinski definition) is 0. The molecule has 5 heteroatoms. The van der Waals surface area contributed by atoms with Gasteiger partial charge in [0.15, 0.2) is 0 Å². The predicted octanol–water partition coefficient (Wildman–Crippen LogP) is 3.55. The average Bonchev–Trinajstić information content (AvgIpc) is 3.08. The van der Waals surface area contributed by atoms with Crippen LogP contribution in [-0.4, -0.2) is 41.9 Å². The van der Waals surface area contributed by atoms with Gasteiger partial charge in [-0.3, -0.25) is 4.79 Å². The van der Waals surface area contributed by atoms with Gasteiger partial charge in [-0.25, -0.2) is 4.39 Å². The van der Waals surface area contributed by atoms with Gasteiger partial charge in [-0.1, -0.05) is 24.3 Å². The lowest BCUT2D eigenvalue weighted by molar-refractivity contribution is -0.134. The molecule has 2 heterocycles. The molecular formula is C19H23FN2OS. The molecule has 1 aromatic heterocycles. The van der Waals surface area contributed by atoms with E-state index in [4.69, 9.17) is 0 Å². The molecule has 0 saturated carbocycles. The minimum Gasteiger partial charge on any atom is -0.335 e. The Morgan fingerprint density at radius 3 is 2.67 bits per heavy atom. The van der Waals surface area contributed by atoms with Gasteiger partial charge in [0.1, 0.15) is 5.82 Å². The zero-order valence-corrected chi connectivity index (χ0v) is 14.8. The van der Waals surface area contributed by atoms with Crippen LogP contribution in [-0.2, 0) is 17.8 Å². The van der Waals surface area contributed by atoms with E-state index < -0.39 is 0 Å². The molecular weight excluding hydrogens is 323 g/mol. The third-order valence-electron chi connectivity index (χ3n) is 4.65. The molecule has 0 N–H and O–H groups in total. The van der Waals surface area contributed by atoms with Crippen molar-refractivity contribution in [1.29, 1.82) is 0 Å². The van der Waals surface area contributed by atoms with Gasteiger partial charge in [-0.2, -0.15) is 0 Å². The second kappa shape index (κ2) is 7.90. The van der Waals surface area contributed by atoms with E-state index in [-0.39, 0.29) is 17.8 Å². The summed E-state index contributed by atoms with van der Waals surface area (Å²) in [6.07, 6.45) is 2.29. The number of carbonyl (C=O) groups is 1. The number of piperidine rings is 1. The normalized spacial score (nSPS) is 16.2. The van der Waals surface area contributed by atoms with Gasteiger partial charge in [-0.05, 0) is 50.5 Å². The fraction of sp³-hybridized carbons (Fsp3) is 0.421. The van der Waals surface area contributed by atoms with Gasteiger partial charge in [0.2, 0.25) is 5.91 Å². The van der Waals surface area contributed by atoms with Crippen LogP contribution in [0.2, 0.25) is 0 Å². The van der Waals surface area contributed by atoms with Crippen LogP contribution in [0.4, 0.5) is 4.39 Å². The van der Waals surface area contributed by atoms with Gasteiger partial charge < -0.3 is 9.80 Å². The third-order valence-corrected chi connectivity index (χ3v) is 5.53. The van der Waals surface area contributed by atoms with Crippen LogP contribution in [0.5, 0.6) is 0 Å². The highest BCUT2D eigenvalue weighted by Gasteiger charge is 2.27. The number of nitrogens with zero attached hydrogens (tertiary/aromatic N) is 2. The minimum absolute atomic E-state index is 0.0928. The molecule has 0 unspecified atom stereocenters. The second-order valence-corrected chi connectivity index (χ2v) is 7.44. The van der Waals surface area contributed by atoms with Crippen molar-refractivity contribution in [2.45, 2.75) is 31.8 Å². The molecule has 24 heavy (non-hydrogen) atoms. The Bertz CT molecular complexity index is 666. The van der Waals surface area contributed by atoms with E-state index in [1.165, 1.54) is 6.07 Å². The first-order valence-electron chi connectivity index (χ1n) is 8.37. The summed E-state index contributed by atoms with van der Waals surface area (Å²) in [6, 6.07) is 10.9. The lowest BCUT2D eigenvalue weighted by atomic mass is 10.0. The maximum atomic E-state index is 14.1. The molecule has 0 atom stereocenters. The summed E-state index contributed by atoms with van der Waals surface area (Å²) in [6.45, 7) is 2.31. The highest BCUT2D eigenvalue weighted by Crippen LogP contribution is 2.22. The van der Waals surface area contributed by atoms with Gasteiger partial charge >= 0.3 is 0 Å². The van der Waals surface area contributed by atoms with Crippen LogP contribution in [0.25, 0.3) is 0 Å². The molecule has 3 rings (SSSR count). The van der Waals surface area contributed by atoms with Crippen molar-refractivity contribution in [2.75, 3.05) is 20.1 Å². The fourth-order valence-electron chi connectivity index (χ4n) is 3.20. The summed E-state index contributed by atoms with van der Waals surface area (Å²) in [4.78, 5) is 18.1. The molecule has 1 aliphatic rings. The van der Waals surface area contributed by atoms with E-state index in [0.717, 1.165) is 30.8 Å². The SMILES string of the molecule is CN1CCC(N(Cc2ccccc2F)C(=O)Cc2cccs2)CC1. The summed E-state index contributed by atoms with van der Waals surface area (Å²) < 4.78 is 14.1. The quantitative estimate of drug-likeness (QED) is 0.826. The largest absolute Gasteiger partial charge is 0.335 e. The second-order valence-electron chi connectivity index (χ2n) is 6.40. The Morgan fingerprint density at radius 2 is 2.00 bits per heavy atom. The van der Waals surface area contributed by atoms with Crippen molar-refractivity contribution in [2.24, 2.45) is 0 Å². The molecule has 0 radical (unpaired) electrons. The van der Waals surface area contributed by atoms with E-state index in [0.29, 0.717) is 18.5 Å². The van der Waals surface area contributed by atoms with E-state index in [1.54, 1.807) is 23.5 Å². The monoisotopic (exact) mass is 346 g/mol. The zero-order valence-electron chi connectivity index (χ0n) is 14.0. The van der Waals surface area contributed by atoms with Crippen molar-refractivity contribution in [3.63, 3.8) is 0 Å². The summed E-state index contributed by atoms with van der Waals surface area (Å²) in [5.41, 5.74) is 0.593. The molecule has 1 fully saturated rings. The highest BCUT2D eigenvalue weighted by atomic mass is 32.1. The molecule has 1 saturated heterocycles. The van der Waals surface area contributed by atoms with E-state index >= 15 is 0 Å². The smallest absolute Gasteiger partial charge is 0.228 e. The van der Waals surface area contributed by atoms with E-state index in [1.807, 2.05) is 28.5 Å². The number of amides is 1. The lowest BCUT2D eigenvalue weighted by Crippen LogP contribution is -2.46. The van der Waals surface area contributed by atoms with Crippen molar-refractivity contribution in [1.82, 2.24) is 9.80 Å². The van der Waals surface area contributed by atoms with Crippen molar-refractivity contribution in [3.05, 3.63) is 58.0 Å². The van der Waals surface area contributed by atoms with Crippen molar-refractivity contribution in [3.8, 4) is 0 Å². The Balaban J connectivity index is 1.77. The number of carbonyl (C=O) groups excluding carboxylic acids is 1. The first-order chi connectivity index (χ1) is 11.6. The maximum Gasteiger partial charge on any atom is 0.228 e. The average molecular weight is 346 g/mol. The van der Waals surface area contributed by atoms with Gasteiger partial charge in [0, 0.05) is 23.0 Å². The summed E-state index contributed by atoms with van der Waals surface area (Å²) in [5.74, 6) is -0.144. The van der Waals surface area contributed by atoms with Crippen molar-refractivity contribution >= 4 is 17.2 Å². The Labute approximate surface area is 146 Å². The molecule has 0 bridgehead atoms. The Hall–Kier alpha value is -1.72. The Kier molecular flexibility index (Phi) is 5.63. The van der Waals surface area contributed by atoms with Crippen LogP contribution < -0.4 is 0 Å². The summed E-state index contributed by atoms with van der Waals surface area (Å²) >= 11 is 1.60. The van der Waals surface area contributed by atoms with Gasteiger partial charge in [0.25, 0.3) is 0 Å². The highest BCUT2D eigenvalue weighted by molar-refractivity contribution is 7.10. The van der Waals surface area contributed by atoms with Gasteiger partial charge in [-0.15, -0.1) is 11.3 Å². The van der Waals surface area contributed by atoms with E-state index in [9.17, 15) is 9.18 Å². The van der Waals surface area contributed by atoms with Crippen molar-refractivity contribution < 1.29 is 9.18 Å². The number of benzene rings is 1. The molecule has 0 aliphatic carbocycles. The maximum absolute atomic E-state index is 14.1. The molecule has 0 spiro atoms. The molecule has 1 aromatic carbocycles. The lowest BCUT2D eigenvalue weighted by Gasteiger charge is -2.37. The molecule has 3 nitrogen and oxygen atoms in total. The van der Waals surface area contributed by atoms with Crippen LogP contribution in [0.1, 0.15) is 23.3 Å². The summed E-state index contributed by atoms with van der Waals surface area (Å²) in [5, 5.41) is 1.99. The number of halogens is 1. The molecule has 1 amide bonds. The topological polar surface area (TPSA) is 23.6 Å². The first-order valence-corrected chi connectivity index (χ1v) is 9.25. The third kappa shape index (κ3) is 4.22. The number of likely N-dealkylation sites (tertiary alicyclic amines) is 1. The number of hydrogen-bond acceptors (Lipinski definition) is 3. The first kappa shape index (κ1) is 17.1. The predicted molar refractivity (Wildman–Crippen MR) is 95.5 cm³/mol.